The number of nitrogens with one attached hydrogen (secondary N) is 1. The van der Waals surface area contributed by atoms with Gasteiger partial charge in [-0.3, -0.25) is 4.79 Å². The van der Waals surface area contributed by atoms with E-state index in [1.165, 1.54) is 0 Å². The van der Waals surface area contributed by atoms with E-state index in [1.807, 2.05) is 18.2 Å². The molecule has 0 atom stereocenters. The number of hydrogen-bond donors (Lipinski definition) is 1. The van der Waals surface area contributed by atoms with Crippen LogP contribution in [0, 0.1) is 17.5 Å². The second-order valence-electron chi connectivity index (χ2n) is 5.70. The summed E-state index contributed by atoms with van der Waals surface area (Å²) in [6, 6.07) is 9.01. The zero-order chi connectivity index (χ0) is 16.6. The van der Waals surface area contributed by atoms with Crippen LogP contribution in [-0.4, -0.2) is 12.5 Å². The number of rotatable bonds is 4. The summed E-state index contributed by atoms with van der Waals surface area (Å²) in [6.07, 6.45) is 1.74. The SMILES string of the molecule is O=C(NCC1(c2cccc(Cl)c2)CC1)c1ccc(F)c(F)c1F. The molecule has 3 rings (SSSR count). The van der Waals surface area contributed by atoms with E-state index >= 15 is 0 Å². The van der Waals surface area contributed by atoms with Crippen LogP contribution in [0.25, 0.3) is 0 Å². The van der Waals surface area contributed by atoms with E-state index in [0.29, 0.717) is 5.02 Å². The molecular formula is C17H13ClF3NO. The Kier molecular flexibility index (Phi) is 4.06. The summed E-state index contributed by atoms with van der Waals surface area (Å²) in [5.41, 5.74) is 0.261. The molecule has 1 aliphatic rings. The number of carbonyl (C=O) groups is 1. The quantitative estimate of drug-likeness (QED) is 0.830. The average Bonchev–Trinajstić information content (AvgIpc) is 3.32. The molecule has 2 nitrogen and oxygen atoms in total. The molecule has 1 fully saturated rings. The molecule has 2 aromatic carbocycles. The molecule has 23 heavy (non-hydrogen) atoms. The van der Waals surface area contributed by atoms with Crippen molar-refractivity contribution in [2.24, 2.45) is 0 Å². The summed E-state index contributed by atoms with van der Waals surface area (Å²) in [6.45, 7) is 0.282. The predicted molar refractivity (Wildman–Crippen MR) is 81.0 cm³/mol. The number of amides is 1. The summed E-state index contributed by atoms with van der Waals surface area (Å²) >= 11 is 5.98. The van der Waals surface area contributed by atoms with E-state index in [-0.39, 0.29) is 12.0 Å². The maximum atomic E-state index is 13.6. The summed E-state index contributed by atoms with van der Waals surface area (Å²) in [7, 11) is 0. The highest BCUT2D eigenvalue weighted by molar-refractivity contribution is 6.30. The monoisotopic (exact) mass is 339 g/mol. The van der Waals surface area contributed by atoms with Crippen LogP contribution in [-0.2, 0) is 5.41 Å². The van der Waals surface area contributed by atoms with E-state index in [0.717, 1.165) is 30.5 Å². The lowest BCUT2D eigenvalue weighted by atomic mass is 9.96. The van der Waals surface area contributed by atoms with Gasteiger partial charge in [-0.25, -0.2) is 13.2 Å². The first kappa shape index (κ1) is 15.9. The minimum atomic E-state index is -1.64. The van der Waals surface area contributed by atoms with Gasteiger partial charge in [-0.2, -0.15) is 0 Å². The molecule has 1 amide bonds. The molecule has 0 unspecified atom stereocenters. The van der Waals surface area contributed by atoms with Crippen LogP contribution >= 0.6 is 11.6 Å². The molecule has 0 radical (unpaired) electrons. The van der Waals surface area contributed by atoms with Gasteiger partial charge in [0.15, 0.2) is 17.5 Å². The molecule has 0 bridgehead atoms. The zero-order valence-electron chi connectivity index (χ0n) is 12.0. The van der Waals surface area contributed by atoms with Gasteiger partial charge in [0.25, 0.3) is 5.91 Å². The van der Waals surface area contributed by atoms with Crippen molar-refractivity contribution in [1.82, 2.24) is 5.32 Å². The molecule has 2 aromatic rings. The third-order valence-electron chi connectivity index (χ3n) is 4.16. The van der Waals surface area contributed by atoms with Crippen LogP contribution in [0.2, 0.25) is 5.02 Å². The second kappa shape index (κ2) is 5.89. The highest BCUT2D eigenvalue weighted by atomic mass is 35.5. The fourth-order valence-electron chi connectivity index (χ4n) is 2.58. The highest BCUT2D eigenvalue weighted by Crippen LogP contribution is 2.48. The Hall–Kier alpha value is -2.01. The van der Waals surface area contributed by atoms with E-state index in [4.69, 9.17) is 11.6 Å². The summed E-state index contributed by atoms with van der Waals surface area (Å²) in [4.78, 5) is 12.0. The Balaban J connectivity index is 1.74. The van der Waals surface area contributed by atoms with Crippen LogP contribution in [0.5, 0.6) is 0 Å². The lowest BCUT2D eigenvalue weighted by molar-refractivity contribution is 0.0944. The van der Waals surface area contributed by atoms with Crippen molar-refractivity contribution in [1.29, 1.82) is 0 Å². The van der Waals surface area contributed by atoms with Crippen LogP contribution < -0.4 is 5.32 Å². The number of hydrogen-bond acceptors (Lipinski definition) is 1. The summed E-state index contributed by atoms with van der Waals surface area (Å²) in [5, 5.41) is 3.20. The molecule has 6 heteroatoms. The van der Waals surface area contributed by atoms with Gasteiger partial charge in [-0.1, -0.05) is 23.7 Å². The Morgan fingerprint density at radius 3 is 2.52 bits per heavy atom. The molecule has 0 aliphatic heterocycles. The normalized spacial score (nSPS) is 15.3. The van der Waals surface area contributed by atoms with Crippen molar-refractivity contribution in [3.8, 4) is 0 Å². The topological polar surface area (TPSA) is 29.1 Å². The Morgan fingerprint density at radius 1 is 1.13 bits per heavy atom. The lowest BCUT2D eigenvalue weighted by Gasteiger charge is -2.17. The first-order chi connectivity index (χ1) is 10.9. The summed E-state index contributed by atoms with van der Waals surface area (Å²) < 4.78 is 39.7. The molecule has 1 aliphatic carbocycles. The lowest BCUT2D eigenvalue weighted by Crippen LogP contribution is -2.33. The maximum Gasteiger partial charge on any atom is 0.254 e. The van der Waals surface area contributed by atoms with Crippen LogP contribution in [0.4, 0.5) is 13.2 Å². The van der Waals surface area contributed by atoms with Gasteiger partial charge in [0, 0.05) is 17.0 Å². The van der Waals surface area contributed by atoms with Crippen molar-refractivity contribution in [3.05, 3.63) is 70.0 Å². The van der Waals surface area contributed by atoms with Crippen molar-refractivity contribution < 1.29 is 18.0 Å². The summed E-state index contributed by atoms with van der Waals surface area (Å²) in [5.74, 6) is -5.21. The van der Waals surface area contributed by atoms with E-state index in [9.17, 15) is 18.0 Å². The standard InChI is InChI=1S/C17H13ClF3NO/c18-11-3-1-2-10(8-11)17(6-7-17)9-22-16(23)12-4-5-13(19)15(21)14(12)20/h1-5,8H,6-7,9H2,(H,22,23). The zero-order valence-corrected chi connectivity index (χ0v) is 12.8. The minimum absolute atomic E-state index is 0.227. The molecule has 0 aromatic heterocycles. The van der Waals surface area contributed by atoms with Crippen molar-refractivity contribution >= 4 is 17.5 Å². The Bertz CT molecular complexity index is 774. The van der Waals surface area contributed by atoms with Crippen molar-refractivity contribution in [2.45, 2.75) is 18.3 Å². The third-order valence-corrected chi connectivity index (χ3v) is 4.39. The first-order valence-electron chi connectivity index (χ1n) is 7.11. The fourth-order valence-corrected chi connectivity index (χ4v) is 2.77. The predicted octanol–water partition coefficient (Wildman–Crippen LogP) is 4.22. The van der Waals surface area contributed by atoms with Gasteiger partial charge in [-0.05, 0) is 42.7 Å². The van der Waals surface area contributed by atoms with Crippen LogP contribution in [0.3, 0.4) is 0 Å². The minimum Gasteiger partial charge on any atom is -0.351 e. The maximum absolute atomic E-state index is 13.6. The van der Waals surface area contributed by atoms with Gasteiger partial charge in [0.2, 0.25) is 0 Å². The second-order valence-corrected chi connectivity index (χ2v) is 6.13. The molecule has 1 saturated carbocycles. The molecule has 1 N–H and O–H groups in total. The van der Waals surface area contributed by atoms with Crippen LogP contribution in [0.1, 0.15) is 28.8 Å². The fraction of sp³-hybridized carbons (Fsp3) is 0.235. The van der Waals surface area contributed by atoms with E-state index in [2.05, 4.69) is 5.32 Å². The van der Waals surface area contributed by atoms with Crippen LogP contribution in [0.15, 0.2) is 36.4 Å². The van der Waals surface area contributed by atoms with Gasteiger partial charge >= 0.3 is 0 Å². The van der Waals surface area contributed by atoms with E-state index < -0.39 is 28.9 Å². The number of carbonyl (C=O) groups excluding carboxylic acids is 1. The van der Waals surface area contributed by atoms with E-state index in [1.54, 1.807) is 6.07 Å². The largest absolute Gasteiger partial charge is 0.351 e. The van der Waals surface area contributed by atoms with Gasteiger partial charge in [-0.15, -0.1) is 0 Å². The van der Waals surface area contributed by atoms with Gasteiger partial charge < -0.3 is 5.32 Å². The van der Waals surface area contributed by atoms with Crippen molar-refractivity contribution in [2.75, 3.05) is 6.54 Å². The number of benzene rings is 2. The smallest absolute Gasteiger partial charge is 0.254 e. The van der Waals surface area contributed by atoms with Gasteiger partial charge in [0.05, 0.1) is 5.56 Å². The number of halogens is 4. The molecule has 0 spiro atoms. The molecular weight excluding hydrogens is 327 g/mol. The highest BCUT2D eigenvalue weighted by Gasteiger charge is 2.44. The third kappa shape index (κ3) is 3.06. The molecule has 120 valence electrons. The Labute approximate surface area is 136 Å². The average molecular weight is 340 g/mol. The van der Waals surface area contributed by atoms with Gasteiger partial charge in [0.1, 0.15) is 0 Å². The molecule has 0 saturated heterocycles. The Morgan fingerprint density at radius 2 is 1.87 bits per heavy atom. The first-order valence-corrected chi connectivity index (χ1v) is 7.48. The molecule has 0 heterocycles. The van der Waals surface area contributed by atoms with Crippen molar-refractivity contribution in [3.63, 3.8) is 0 Å².